The maximum atomic E-state index is 12.9. The van der Waals surface area contributed by atoms with Gasteiger partial charge in [0.05, 0.1) is 0 Å². The number of hydrogen-bond acceptors (Lipinski definition) is 6. The molecule has 0 aromatic carbocycles. The van der Waals surface area contributed by atoms with Crippen LogP contribution < -0.4 is 0 Å². The predicted molar refractivity (Wildman–Crippen MR) is 325 cm³/mol. The summed E-state index contributed by atoms with van der Waals surface area (Å²) in [4.78, 5) is 38.3. The number of carbonyl (C=O) groups excluding carboxylic acids is 3. The Bertz CT molecular complexity index is 1480. The van der Waals surface area contributed by atoms with Crippen LogP contribution in [0.4, 0.5) is 0 Å². The Morgan fingerprint density at radius 3 is 0.853 bits per heavy atom. The third kappa shape index (κ3) is 61.1. The van der Waals surface area contributed by atoms with Crippen molar-refractivity contribution >= 4 is 17.9 Å². The van der Waals surface area contributed by atoms with E-state index in [1.165, 1.54) is 167 Å². The van der Waals surface area contributed by atoms with E-state index in [-0.39, 0.29) is 31.1 Å². The summed E-state index contributed by atoms with van der Waals surface area (Å²) in [7, 11) is 0. The first kappa shape index (κ1) is 71.3. The van der Waals surface area contributed by atoms with Gasteiger partial charge >= 0.3 is 17.9 Å². The fourth-order valence-corrected chi connectivity index (χ4v) is 8.79. The topological polar surface area (TPSA) is 78.9 Å². The maximum absolute atomic E-state index is 12.9. The number of hydrogen-bond donors (Lipinski definition) is 0. The Morgan fingerprint density at radius 2 is 0.520 bits per heavy atom. The molecule has 0 rings (SSSR count). The molecular weight excluding hydrogens is 925 g/mol. The molecule has 0 aromatic rings. The molecule has 0 aliphatic heterocycles. The average Bonchev–Trinajstić information content (AvgIpc) is 3.41. The molecule has 75 heavy (non-hydrogen) atoms. The van der Waals surface area contributed by atoms with E-state index in [0.29, 0.717) is 19.3 Å². The molecule has 6 heteroatoms. The van der Waals surface area contributed by atoms with Gasteiger partial charge in [-0.25, -0.2) is 0 Å². The normalized spacial score (nSPS) is 12.7. The van der Waals surface area contributed by atoms with E-state index in [4.69, 9.17) is 14.2 Å². The molecule has 0 bridgehead atoms. The van der Waals surface area contributed by atoms with Gasteiger partial charge in [0, 0.05) is 19.3 Å². The molecule has 0 spiro atoms. The SMILES string of the molecule is CC/C=C\C/C=C\C/C=C\C/C=C\C/C=C\C/C=C\CCCCC(=O)OCC(COC(=O)CCCCCCCCC/C=C\CCCCCCCC)OC(=O)CCCCCCCCCCC/C=C\CCCCCCCC. The van der Waals surface area contributed by atoms with Crippen molar-refractivity contribution in [3.63, 3.8) is 0 Å². The lowest BCUT2D eigenvalue weighted by atomic mass is 10.1. The second-order valence-corrected chi connectivity index (χ2v) is 20.9. The van der Waals surface area contributed by atoms with E-state index in [1.54, 1.807) is 0 Å². The zero-order chi connectivity index (χ0) is 54.3. The Balaban J connectivity index is 4.47. The summed E-state index contributed by atoms with van der Waals surface area (Å²) in [5.74, 6) is -0.936. The first-order valence-corrected chi connectivity index (χ1v) is 31.7. The summed E-state index contributed by atoms with van der Waals surface area (Å²) in [6.45, 7) is 6.50. The zero-order valence-electron chi connectivity index (χ0n) is 49.3. The van der Waals surface area contributed by atoms with Crippen LogP contribution in [0.2, 0.25) is 0 Å². The fraction of sp³-hybridized carbons (Fsp3) is 0.725. The van der Waals surface area contributed by atoms with Crippen LogP contribution in [0.3, 0.4) is 0 Å². The van der Waals surface area contributed by atoms with Crippen LogP contribution in [-0.4, -0.2) is 37.2 Å². The monoisotopic (exact) mass is 1040 g/mol. The van der Waals surface area contributed by atoms with Crippen molar-refractivity contribution in [3.8, 4) is 0 Å². The zero-order valence-corrected chi connectivity index (χ0v) is 49.3. The lowest BCUT2D eigenvalue weighted by Crippen LogP contribution is -2.30. The highest BCUT2D eigenvalue weighted by molar-refractivity contribution is 5.71. The average molecular weight is 1040 g/mol. The van der Waals surface area contributed by atoms with E-state index >= 15 is 0 Å². The quantitative estimate of drug-likeness (QED) is 0.0261. The highest BCUT2D eigenvalue weighted by Crippen LogP contribution is 2.15. The van der Waals surface area contributed by atoms with Gasteiger partial charge in [0.15, 0.2) is 6.10 Å². The Labute approximate surface area is 464 Å². The molecule has 0 saturated heterocycles. The van der Waals surface area contributed by atoms with E-state index in [9.17, 15) is 14.4 Å². The molecule has 0 aromatic heterocycles. The minimum Gasteiger partial charge on any atom is -0.462 e. The van der Waals surface area contributed by atoms with Crippen LogP contribution >= 0.6 is 0 Å². The largest absolute Gasteiger partial charge is 0.462 e. The van der Waals surface area contributed by atoms with Crippen LogP contribution in [-0.2, 0) is 28.6 Å². The predicted octanol–water partition coefficient (Wildman–Crippen LogP) is 21.7. The number of ether oxygens (including phenoxy) is 3. The summed E-state index contributed by atoms with van der Waals surface area (Å²) in [5.41, 5.74) is 0. The second-order valence-electron chi connectivity index (χ2n) is 20.9. The van der Waals surface area contributed by atoms with Crippen molar-refractivity contribution < 1.29 is 28.6 Å². The molecule has 0 heterocycles. The van der Waals surface area contributed by atoms with Crippen molar-refractivity contribution in [1.82, 2.24) is 0 Å². The molecule has 0 radical (unpaired) electrons. The van der Waals surface area contributed by atoms with Gasteiger partial charge in [0.2, 0.25) is 0 Å². The summed E-state index contributed by atoms with van der Waals surface area (Å²) in [5, 5.41) is 0. The van der Waals surface area contributed by atoms with Crippen molar-refractivity contribution in [2.45, 2.75) is 309 Å². The van der Waals surface area contributed by atoms with E-state index < -0.39 is 6.10 Å². The minimum atomic E-state index is -0.800. The number of unbranched alkanes of at least 4 members (excludes halogenated alkanes) is 30. The molecule has 6 nitrogen and oxygen atoms in total. The minimum absolute atomic E-state index is 0.0938. The standard InChI is InChI=1S/C69H118O6/c1-4-7-10-13-16-19-22-25-28-31-33-34-36-38-41-44-47-50-53-56-59-62-68(71)74-65-66(64-73-67(70)61-58-55-52-49-46-43-40-37-30-27-24-21-18-15-12-9-6-3)75-69(72)63-60-57-54-51-48-45-42-39-35-32-29-26-23-20-17-14-11-8-5-2/h7,10,16,19,25-30,33-34,38,41,47,50,66H,4-6,8-9,11-15,17-18,20-24,31-32,35-37,39-40,42-46,48-49,51-65H2,1-3H3/b10-7-,19-16-,28-25-,29-26-,30-27-,34-33-,41-38-,50-47-. The summed E-state index contributed by atoms with van der Waals surface area (Å²) in [6, 6.07) is 0. The van der Waals surface area contributed by atoms with Crippen LogP contribution in [0.25, 0.3) is 0 Å². The third-order valence-corrected chi connectivity index (χ3v) is 13.5. The lowest BCUT2D eigenvalue weighted by Gasteiger charge is -2.18. The van der Waals surface area contributed by atoms with Gasteiger partial charge < -0.3 is 14.2 Å². The molecule has 0 saturated carbocycles. The molecule has 0 N–H and O–H groups in total. The van der Waals surface area contributed by atoms with Gasteiger partial charge in [0.25, 0.3) is 0 Å². The van der Waals surface area contributed by atoms with Crippen LogP contribution in [0.5, 0.6) is 0 Å². The number of rotatable bonds is 57. The van der Waals surface area contributed by atoms with Gasteiger partial charge in [-0.15, -0.1) is 0 Å². The van der Waals surface area contributed by atoms with Crippen LogP contribution in [0.1, 0.15) is 303 Å². The molecule has 0 aliphatic rings. The summed E-state index contributed by atoms with van der Waals surface area (Å²) in [6.07, 6.45) is 84.0. The van der Waals surface area contributed by atoms with Gasteiger partial charge in [0.1, 0.15) is 13.2 Å². The smallest absolute Gasteiger partial charge is 0.306 e. The van der Waals surface area contributed by atoms with Crippen molar-refractivity contribution in [3.05, 3.63) is 97.2 Å². The lowest BCUT2D eigenvalue weighted by molar-refractivity contribution is -0.167. The van der Waals surface area contributed by atoms with Gasteiger partial charge in [-0.2, -0.15) is 0 Å². The molecule has 1 unspecified atom stereocenters. The van der Waals surface area contributed by atoms with E-state index in [1.807, 2.05) is 0 Å². The number of allylic oxidation sites excluding steroid dienone is 16. The first-order chi connectivity index (χ1) is 37.0. The Morgan fingerprint density at radius 1 is 0.280 bits per heavy atom. The Hall–Kier alpha value is -3.67. The molecule has 430 valence electrons. The molecule has 0 amide bonds. The fourth-order valence-electron chi connectivity index (χ4n) is 8.79. The summed E-state index contributed by atoms with van der Waals surface area (Å²) < 4.78 is 16.9. The summed E-state index contributed by atoms with van der Waals surface area (Å²) >= 11 is 0. The van der Waals surface area contributed by atoms with Crippen LogP contribution in [0.15, 0.2) is 97.2 Å². The number of carbonyl (C=O) groups is 3. The number of esters is 3. The van der Waals surface area contributed by atoms with Gasteiger partial charge in [-0.05, 0) is 122 Å². The highest BCUT2D eigenvalue weighted by atomic mass is 16.6. The van der Waals surface area contributed by atoms with Gasteiger partial charge in [-0.3, -0.25) is 14.4 Å². The van der Waals surface area contributed by atoms with Crippen molar-refractivity contribution in [2.75, 3.05) is 13.2 Å². The van der Waals surface area contributed by atoms with Crippen LogP contribution in [0, 0.1) is 0 Å². The van der Waals surface area contributed by atoms with Crippen molar-refractivity contribution in [1.29, 1.82) is 0 Å². The molecular formula is C69H118O6. The molecule has 1 atom stereocenters. The second kappa shape index (κ2) is 62.9. The van der Waals surface area contributed by atoms with E-state index in [2.05, 4.69) is 118 Å². The first-order valence-electron chi connectivity index (χ1n) is 31.7. The molecule has 0 fully saturated rings. The molecule has 0 aliphatic carbocycles. The third-order valence-electron chi connectivity index (χ3n) is 13.5. The maximum Gasteiger partial charge on any atom is 0.306 e. The van der Waals surface area contributed by atoms with Crippen molar-refractivity contribution in [2.24, 2.45) is 0 Å². The van der Waals surface area contributed by atoms with Gasteiger partial charge in [-0.1, -0.05) is 259 Å². The Kier molecular flexibility index (Phi) is 59.8. The highest BCUT2D eigenvalue weighted by Gasteiger charge is 2.19. The van der Waals surface area contributed by atoms with E-state index in [0.717, 1.165) is 96.3 Å².